The first-order chi connectivity index (χ1) is 10.9. The van der Waals surface area contributed by atoms with Crippen molar-refractivity contribution in [3.05, 3.63) is 59.6 Å². The first kappa shape index (κ1) is 17.5. The number of nitrogens with zero attached hydrogens (tertiary/aromatic N) is 1. The molecule has 0 saturated heterocycles. The van der Waals surface area contributed by atoms with E-state index in [9.17, 15) is 13.2 Å². The number of hydrogen-bond donors (Lipinski definition) is 0. The molecule has 0 fully saturated rings. The molecule has 0 aromatic heterocycles. The summed E-state index contributed by atoms with van der Waals surface area (Å²) in [5, 5.41) is 0. The minimum atomic E-state index is -2.55. The molecule has 2 rings (SSSR count). The lowest BCUT2D eigenvalue weighted by Crippen LogP contribution is -2.29. The van der Waals surface area contributed by atoms with E-state index in [4.69, 9.17) is 4.74 Å². The van der Waals surface area contributed by atoms with Crippen LogP contribution >= 0.6 is 11.8 Å². The Labute approximate surface area is 138 Å². The highest BCUT2D eigenvalue weighted by Crippen LogP contribution is 2.33. The lowest BCUT2D eigenvalue weighted by molar-refractivity contribution is 0.123. The second kappa shape index (κ2) is 7.64. The molecule has 1 aromatic carbocycles. The maximum absolute atomic E-state index is 14.4. The Kier molecular flexibility index (Phi) is 5.82. The number of ether oxygens (including phenoxy) is 1. The third-order valence-corrected chi connectivity index (χ3v) is 3.80. The van der Waals surface area contributed by atoms with Crippen LogP contribution in [0.5, 0.6) is 5.75 Å². The topological polar surface area (TPSA) is 12.5 Å². The molecule has 0 atom stereocenters. The van der Waals surface area contributed by atoms with Crippen molar-refractivity contribution in [2.45, 2.75) is 13.3 Å². The maximum Gasteiger partial charge on any atom is 0.256 e. The van der Waals surface area contributed by atoms with Crippen molar-refractivity contribution in [2.75, 3.05) is 18.7 Å². The van der Waals surface area contributed by atoms with Gasteiger partial charge in [-0.1, -0.05) is 12.7 Å². The van der Waals surface area contributed by atoms with E-state index in [-0.39, 0.29) is 5.56 Å². The predicted octanol–water partition coefficient (Wildman–Crippen LogP) is 4.91. The molecule has 124 valence electrons. The van der Waals surface area contributed by atoms with Crippen LogP contribution in [0.2, 0.25) is 0 Å². The van der Waals surface area contributed by atoms with E-state index in [2.05, 4.69) is 6.58 Å². The molecular weight excluding hydrogens is 323 g/mol. The molecule has 23 heavy (non-hydrogen) atoms. The summed E-state index contributed by atoms with van der Waals surface area (Å²) in [4.78, 5) is 1.35. The SMILES string of the molecule is C=C1C(C)=CC=C(c2ccc(OCSC)cc2F)N1CC(F)F. The molecule has 0 N–H and O–H groups in total. The molecule has 1 aromatic rings. The van der Waals surface area contributed by atoms with E-state index in [0.717, 1.165) is 5.57 Å². The zero-order valence-electron chi connectivity index (χ0n) is 13.0. The minimum absolute atomic E-state index is 0.243. The van der Waals surface area contributed by atoms with Crippen LogP contribution in [0.25, 0.3) is 5.70 Å². The third kappa shape index (κ3) is 4.13. The van der Waals surface area contributed by atoms with Crippen LogP contribution in [-0.2, 0) is 0 Å². The molecule has 0 bridgehead atoms. The number of benzene rings is 1. The van der Waals surface area contributed by atoms with E-state index in [1.807, 2.05) is 6.26 Å². The number of thioether (sulfide) groups is 1. The number of hydrogen-bond acceptors (Lipinski definition) is 3. The van der Waals surface area contributed by atoms with E-state index in [1.54, 1.807) is 25.1 Å². The van der Waals surface area contributed by atoms with Crippen molar-refractivity contribution < 1.29 is 17.9 Å². The first-order valence-electron chi connectivity index (χ1n) is 6.99. The van der Waals surface area contributed by atoms with Gasteiger partial charge in [-0.3, -0.25) is 0 Å². The summed E-state index contributed by atoms with van der Waals surface area (Å²) in [6, 6.07) is 4.43. The third-order valence-electron chi connectivity index (χ3n) is 3.44. The lowest BCUT2D eigenvalue weighted by atomic mass is 10.0. The van der Waals surface area contributed by atoms with Crippen LogP contribution in [0.3, 0.4) is 0 Å². The van der Waals surface area contributed by atoms with Gasteiger partial charge in [-0.2, -0.15) is 0 Å². The molecular formula is C17H18F3NOS. The predicted molar refractivity (Wildman–Crippen MR) is 89.0 cm³/mol. The average Bonchev–Trinajstić information content (AvgIpc) is 2.50. The molecule has 0 spiro atoms. The highest BCUT2D eigenvalue weighted by Gasteiger charge is 2.24. The van der Waals surface area contributed by atoms with E-state index >= 15 is 0 Å². The number of alkyl halides is 2. The Morgan fingerprint density at radius 2 is 2.04 bits per heavy atom. The molecule has 0 saturated carbocycles. The molecule has 1 aliphatic heterocycles. The zero-order chi connectivity index (χ0) is 17.0. The van der Waals surface area contributed by atoms with Gasteiger partial charge >= 0.3 is 0 Å². The van der Waals surface area contributed by atoms with Crippen molar-refractivity contribution in [1.29, 1.82) is 0 Å². The highest BCUT2D eigenvalue weighted by molar-refractivity contribution is 7.98. The summed E-state index contributed by atoms with van der Waals surface area (Å²) in [5.41, 5.74) is 1.83. The van der Waals surface area contributed by atoms with Gasteiger partial charge in [-0.15, -0.1) is 11.8 Å². The summed E-state index contributed by atoms with van der Waals surface area (Å²) in [6.07, 6.45) is 2.71. The van der Waals surface area contributed by atoms with Gasteiger partial charge in [0, 0.05) is 17.3 Å². The summed E-state index contributed by atoms with van der Waals surface area (Å²) in [6.45, 7) is 5.08. The van der Waals surface area contributed by atoms with Crippen molar-refractivity contribution in [3.63, 3.8) is 0 Å². The maximum atomic E-state index is 14.4. The van der Waals surface area contributed by atoms with Crippen molar-refractivity contribution in [1.82, 2.24) is 4.90 Å². The lowest BCUT2D eigenvalue weighted by Gasteiger charge is -2.32. The standard InChI is InChI=1S/C17H18F3NOS/c1-11-4-7-16(21(12(11)2)9-17(19)20)14-6-5-13(8-15(14)18)22-10-23-3/h4-8,17H,2,9-10H2,1,3H3. The fourth-order valence-corrected chi connectivity index (χ4v) is 2.50. The minimum Gasteiger partial charge on any atom is -0.483 e. The quantitative estimate of drug-likeness (QED) is 0.683. The molecule has 1 heterocycles. The van der Waals surface area contributed by atoms with Gasteiger partial charge in [0.2, 0.25) is 0 Å². The van der Waals surface area contributed by atoms with Gasteiger partial charge in [-0.25, -0.2) is 13.2 Å². The fraction of sp³-hybridized carbons (Fsp3) is 0.294. The van der Waals surface area contributed by atoms with Gasteiger partial charge in [-0.05, 0) is 37.0 Å². The summed E-state index contributed by atoms with van der Waals surface area (Å²) in [7, 11) is 0. The van der Waals surface area contributed by atoms with Crippen molar-refractivity contribution in [3.8, 4) is 5.75 Å². The highest BCUT2D eigenvalue weighted by atomic mass is 32.2. The molecule has 0 radical (unpaired) electrons. The van der Waals surface area contributed by atoms with Crippen LogP contribution in [0.1, 0.15) is 12.5 Å². The van der Waals surface area contributed by atoms with Crippen LogP contribution in [0.15, 0.2) is 48.2 Å². The van der Waals surface area contributed by atoms with Crippen LogP contribution in [-0.4, -0.2) is 30.1 Å². The fourth-order valence-electron chi connectivity index (χ4n) is 2.25. The van der Waals surface area contributed by atoms with Gasteiger partial charge in [0.15, 0.2) is 0 Å². The van der Waals surface area contributed by atoms with Crippen molar-refractivity contribution >= 4 is 17.5 Å². The Morgan fingerprint density at radius 1 is 1.30 bits per heavy atom. The Bertz CT molecular complexity index is 655. The van der Waals surface area contributed by atoms with Crippen LogP contribution in [0.4, 0.5) is 13.2 Å². The van der Waals surface area contributed by atoms with Gasteiger partial charge in [0.05, 0.1) is 12.2 Å². The second-order valence-electron chi connectivity index (χ2n) is 5.04. The molecule has 1 aliphatic rings. The largest absolute Gasteiger partial charge is 0.483 e. The number of halogens is 3. The Balaban J connectivity index is 2.36. The number of rotatable bonds is 6. The van der Waals surface area contributed by atoms with Gasteiger partial charge in [0.25, 0.3) is 6.43 Å². The summed E-state index contributed by atoms with van der Waals surface area (Å²) >= 11 is 1.48. The normalized spacial score (nSPS) is 14.9. The molecule has 2 nitrogen and oxygen atoms in total. The van der Waals surface area contributed by atoms with Gasteiger partial charge < -0.3 is 9.64 Å². The van der Waals surface area contributed by atoms with Crippen molar-refractivity contribution in [2.24, 2.45) is 0 Å². The summed E-state index contributed by atoms with van der Waals surface area (Å²) in [5.74, 6) is 0.301. The molecule has 6 heteroatoms. The first-order valence-corrected chi connectivity index (χ1v) is 8.38. The van der Waals surface area contributed by atoms with Gasteiger partial charge in [0.1, 0.15) is 17.5 Å². The van der Waals surface area contributed by atoms with E-state index in [1.165, 1.54) is 28.8 Å². The van der Waals surface area contributed by atoms with Crippen LogP contribution in [0, 0.1) is 5.82 Å². The average molecular weight is 341 g/mol. The second-order valence-corrected chi connectivity index (χ2v) is 5.86. The number of allylic oxidation sites excluding steroid dienone is 3. The Hall–Kier alpha value is -1.82. The van der Waals surface area contributed by atoms with E-state index in [0.29, 0.717) is 23.1 Å². The Morgan fingerprint density at radius 3 is 2.65 bits per heavy atom. The summed E-state index contributed by atoms with van der Waals surface area (Å²) < 4.78 is 45.5. The molecule has 0 amide bonds. The van der Waals surface area contributed by atoms with E-state index < -0.39 is 18.8 Å². The monoisotopic (exact) mass is 341 g/mol. The zero-order valence-corrected chi connectivity index (χ0v) is 13.8. The van der Waals surface area contributed by atoms with Crippen LogP contribution < -0.4 is 4.74 Å². The molecule has 0 unspecified atom stereocenters. The molecule has 0 aliphatic carbocycles. The smallest absolute Gasteiger partial charge is 0.256 e.